The van der Waals surface area contributed by atoms with Gasteiger partial charge in [0.05, 0.1) is 46.3 Å². The molecule has 0 spiro atoms. The largest absolute Gasteiger partial charge is 0.494 e. The van der Waals surface area contributed by atoms with Gasteiger partial charge in [-0.1, -0.05) is 167 Å². The third kappa shape index (κ3) is 16.2. The Morgan fingerprint density at radius 1 is 0.427 bits per heavy atom. The van der Waals surface area contributed by atoms with Crippen LogP contribution in [0.4, 0.5) is 0 Å². The first kappa shape index (κ1) is 70.9. The predicted octanol–water partition coefficient (Wildman–Crippen LogP) is 18.6. The van der Waals surface area contributed by atoms with Crippen LogP contribution in [0, 0.1) is 0 Å². The van der Waals surface area contributed by atoms with E-state index in [4.69, 9.17) is 28.3 Å². The molecule has 4 aliphatic rings. The van der Waals surface area contributed by atoms with Crippen molar-refractivity contribution in [3.8, 4) is 39.8 Å². The van der Waals surface area contributed by atoms with E-state index in [9.17, 15) is 4.79 Å². The number of ether oxygens (including phenoxy) is 4. The summed E-state index contributed by atoms with van der Waals surface area (Å²) >= 11 is 0. The van der Waals surface area contributed by atoms with Crippen molar-refractivity contribution in [2.45, 2.75) is 159 Å². The monoisotopic (exact) mass is 1370 g/mol. The smallest absolute Gasteiger partial charge is 0.492 e. The summed E-state index contributed by atoms with van der Waals surface area (Å²) in [7, 11) is -0.322. The number of unbranched alkanes of at least 4 members (excludes halogenated alkanes) is 1. The number of pyridine rings is 3. The molecule has 0 bridgehead atoms. The van der Waals surface area contributed by atoms with Crippen molar-refractivity contribution < 1.29 is 33.1 Å². The first-order chi connectivity index (χ1) is 50.1. The standard InChI is InChI=1S/C32H33N3O2.C28H32BNO3.C28H25N3O2/c1-3-4-22-36-24(2)30-17-18-31(35-34-30)25-9-11-26(12-10-25)32(19-7-20-32)27-13-15-29(16-14-27)37-23-28-8-5-6-21-33-28;1-26(2)27(3,4)33-29(32-26)23-13-9-21(10-14-23)28(17-7-18-28)22-11-15-25(16-12-22)31-20-24-8-5-6-19-30-24;1-20(32)26-14-15-27(31-30-26)21-6-8-22(9-7-21)28(16-4-17-28)23-10-12-25(13-11-23)33-19-24-5-2-3-18-29-24/h5-6,8-18,21H,2-4,7,19-20,22-23H2,1H3;5-6,8-16,19H,7,17-18,20H2,1-4H3;2-3,5-15,18H,4,16-17,19H2,1H3. The van der Waals surface area contributed by atoms with Gasteiger partial charge in [-0.15, -0.1) is 20.4 Å². The highest BCUT2D eigenvalue weighted by atomic mass is 16.7. The third-order valence-corrected chi connectivity index (χ3v) is 21.4. The second kappa shape index (κ2) is 31.8. The molecule has 3 aliphatic carbocycles. The van der Waals surface area contributed by atoms with Crippen LogP contribution in [0.25, 0.3) is 28.3 Å². The van der Waals surface area contributed by atoms with Gasteiger partial charge in [-0.25, -0.2) is 0 Å². The first-order valence-electron chi connectivity index (χ1n) is 36.2. The van der Waals surface area contributed by atoms with Gasteiger partial charge in [0.2, 0.25) is 0 Å². The van der Waals surface area contributed by atoms with E-state index in [0.29, 0.717) is 43.6 Å². The molecule has 0 amide bonds. The number of carbonyl (C=O) groups excluding carboxylic acids is 1. The van der Waals surface area contributed by atoms with Crippen LogP contribution in [0.2, 0.25) is 0 Å². The topological polar surface area (TPSA) is 163 Å². The summed E-state index contributed by atoms with van der Waals surface area (Å²) in [4.78, 5) is 24.4. The van der Waals surface area contributed by atoms with Crippen LogP contribution in [0.15, 0.2) is 250 Å². The fourth-order valence-electron chi connectivity index (χ4n) is 13.9. The maximum atomic E-state index is 11.4. The van der Waals surface area contributed by atoms with Gasteiger partial charge < -0.3 is 28.3 Å². The van der Waals surface area contributed by atoms with E-state index in [1.165, 1.54) is 59.6 Å². The molecule has 6 heterocycles. The van der Waals surface area contributed by atoms with E-state index in [2.05, 4.69) is 222 Å². The Kier molecular flexibility index (Phi) is 21.9. The zero-order valence-electron chi connectivity index (χ0n) is 60.0. The number of rotatable bonds is 24. The quantitative estimate of drug-likeness (QED) is 0.0243. The van der Waals surface area contributed by atoms with E-state index in [-0.39, 0.29) is 40.3 Å². The van der Waals surface area contributed by atoms with E-state index < -0.39 is 0 Å². The van der Waals surface area contributed by atoms with Crippen molar-refractivity contribution in [3.05, 3.63) is 311 Å². The molecule has 0 unspecified atom stereocenters. The number of hydrogen-bond donors (Lipinski definition) is 0. The van der Waals surface area contributed by atoms with Crippen LogP contribution in [0.3, 0.4) is 0 Å². The second-order valence-corrected chi connectivity index (χ2v) is 28.4. The summed E-state index contributed by atoms with van der Waals surface area (Å²) in [5.74, 6) is 3.07. The molecule has 11 aromatic rings. The number of nitrogens with zero attached hydrogens (tertiary/aromatic N) is 7. The molecule has 0 radical (unpaired) electrons. The van der Waals surface area contributed by atoms with Gasteiger partial charge in [-0.05, 0) is 209 Å². The molecule has 522 valence electrons. The first-order valence-corrected chi connectivity index (χ1v) is 36.2. The summed E-state index contributed by atoms with van der Waals surface area (Å²) in [5.41, 5.74) is 16.1. The minimum absolute atomic E-state index is 0.0439. The Balaban J connectivity index is 0.000000138. The van der Waals surface area contributed by atoms with Gasteiger partial charge in [0.15, 0.2) is 5.78 Å². The van der Waals surface area contributed by atoms with Crippen LogP contribution in [-0.4, -0.2) is 66.1 Å². The molecule has 15 rings (SSSR count). The van der Waals surface area contributed by atoms with Gasteiger partial charge in [-0.2, -0.15) is 0 Å². The Labute approximate surface area is 606 Å². The number of benzene rings is 6. The summed E-state index contributed by atoms with van der Waals surface area (Å²) in [5, 5.41) is 17.0. The third-order valence-electron chi connectivity index (χ3n) is 21.4. The highest BCUT2D eigenvalue weighted by Gasteiger charge is 2.52. The Bertz CT molecular complexity index is 4540. The van der Waals surface area contributed by atoms with Crippen LogP contribution < -0.4 is 19.7 Å². The van der Waals surface area contributed by atoms with E-state index in [1.807, 2.05) is 72.8 Å². The van der Waals surface area contributed by atoms with E-state index >= 15 is 0 Å². The lowest BCUT2D eigenvalue weighted by Crippen LogP contribution is -2.41. The van der Waals surface area contributed by atoms with Gasteiger partial charge in [0, 0.05) is 52.9 Å². The summed E-state index contributed by atoms with van der Waals surface area (Å²) < 4.78 is 35.9. The molecule has 1 saturated heterocycles. The van der Waals surface area contributed by atoms with Crippen LogP contribution >= 0.6 is 0 Å². The number of carbonyl (C=O) groups is 1. The lowest BCUT2D eigenvalue weighted by molar-refractivity contribution is 0.00578. The van der Waals surface area contributed by atoms with Gasteiger partial charge in [-0.3, -0.25) is 19.7 Å². The molecular weight excluding hydrogens is 1280 g/mol. The zero-order chi connectivity index (χ0) is 71.3. The van der Waals surface area contributed by atoms with E-state index in [1.54, 1.807) is 24.7 Å². The maximum absolute atomic E-state index is 11.4. The molecule has 4 fully saturated rings. The summed E-state index contributed by atoms with van der Waals surface area (Å²) in [6.07, 6.45) is 18.0. The number of ketones is 1. The second-order valence-electron chi connectivity index (χ2n) is 28.4. The molecule has 15 heteroatoms. The SMILES string of the molecule is C=C(OCCCC)c1ccc(-c2ccc(C3(c4ccc(OCc5ccccn5)cc4)CCC3)cc2)nn1.CC(=O)c1ccc(-c2ccc(C3(c4ccc(OCc5ccccn5)cc4)CCC3)cc2)nn1.CC1(C)OB(c2ccc(C3(c4ccc(OCc5ccccn5)cc4)CCC3)cc2)OC1(C)C. The van der Waals surface area contributed by atoms with Crippen molar-refractivity contribution in [1.29, 1.82) is 0 Å². The van der Waals surface area contributed by atoms with Crippen LogP contribution in [0.5, 0.6) is 17.2 Å². The van der Waals surface area contributed by atoms with Gasteiger partial charge in [0.25, 0.3) is 0 Å². The van der Waals surface area contributed by atoms with Crippen molar-refractivity contribution >= 4 is 24.1 Å². The Hall–Kier alpha value is -10.5. The molecule has 5 aromatic heterocycles. The number of aromatic nitrogens is 7. The fourth-order valence-corrected chi connectivity index (χ4v) is 13.9. The maximum Gasteiger partial charge on any atom is 0.494 e. The average molecular weight is 1370 g/mol. The van der Waals surface area contributed by atoms with Crippen molar-refractivity contribution in [2.24, 2.45) is 0 Å². The van der Waals surface area contributed by atoms with Crippen LogP contribution in [0.1, 0.15) is 179 Å². The molecule has 3 saturated carbocycles. The van der Waals surface area contributed by atoms with Crippen LogP contribution in [-0.2, 0) is 50.1 Å². The van der Waals surface area contributed by atoms with Crippen molar-refractivity contribution in [2.75, 3.05) is 6.61 Å². The number of Topliss-reactive ketones (excluding diaryl/α,β-unsaturated/α-hetero) is 1. The molecule has 0 atom stereocenters. The van der Waals surface area contributed by atoms with Gasteiger partial charge >= 0.3 is 7.12 Å². The lowest BCUT2D eigenvalue weighted by atomic mass is 9.60. The minimum Gasteiger partial charge on any atom is -0.492 e. The Morgan fingerprint density at radius 3 is 1.06 bits per heavy atom. The number of hydrogen-bond acceptors (Lipinski definition) is 14. The molecule has 1 aliphatic heterocycles. The Morgan fingerprint density at radius 2 is 0.767 bits per heavy atom. The molecule has 103 heavy (non-hydrogen) atoms. The van der Waals surface area contributed by atoms with E-state index in [0.717, 1.165) is 114 Å². The fraction of sp³-hybridized carbons (Fsp3) is 0.295. The highest BCUT2D eigenvalue weighted by Crippen LogP contribution is 2.52. The zero-order valence-corrected chi connectivity index (χ0v) is 60.0. The van der Waals surface area contributed by atoms with Crippen molar-refractivity contribution in [3.63, 3.8) is 0 Å². The lowest BCUT2D eigenvalue weighted by Gasteiger charge is -2.43. The average Bonchev–Trinajstić information content (AvgIpc) is 1.28. The summed E-state index contributed by atoms with van der Waals surface area (Å²) in [6, 6.07) is 76.9. The highest BCUT2D eigenvalue weighted by molar-refractivity contribution is 6.62. The van der Waals surface area contributed by atoms with Gasteiger partial charge in [0.1, 0.15) is 54.2 Å². The minimum atomic E-state index is -0.327. The van der Waals surface area contributed by atoms with Crippen molar-refractivity contribution in [1.82, 2.24) is 35.3 Å². The molecule has 0 N–H and O–H groups in total. The molecular formula is C88H90BN7O7. The molecule has 6 aromatic carbocycles. The summed E-state index contributed by atoms with van der Waals surface area (Å²) in [6.45, 7) is 18.0. The normalized spacial score (nSPS) is 16.1. The molecule has 14 nitrogen and oxygen atoms in total. The predicted molar refractivity (Wildman–Crippen MR) is 406 cm³/mol.